The Labute approximate surface area is 163 Å². The fourth-order valence-electron chi connectivity index (χ4n) is 3.82. The van der Waals surface area contributed by atoms with Crippen LogP contribution in [-0.4, -0.2) is 58.1 Å². The first-order chi connectivity index (χ1) is 13.1. The quantitative estimate of drug-likeness (QED) is 0.198. The van der Waals surface area contributed by atoms with E-state index in [0.717, 1.165) is 24.2 Å². The highest BCUT2D eigenvalue weighted by molar-refractivity contribution is 6.20. The lowest BCUT2D eigenvalue weighted by Crippen LogP contribution is -2.49. The molecule has 0 atom stereocenters. The molecule has 28 heavy (non-hydrogen) atoms. The SMILES string of the molecule is CCC1CCC2(CC1)NC(=O)N(CC(=O)OC/C(O)=C(\C(C)=N)C(C)=O)C2=O. The minimum Gasteiger partial charge on any atom is -0.508 e. The predicted molar refractivity (Wildman–Crippen MR) is 99.9 cm³/mol. The Bertz CT molecular complexity index is 718. The van der Waals surface area contributed by atoms with Crippen molar-refractivity contribution in [3.8, 4) is 0 Å². The minimum absolute atomic E-state index is 0.153. The number of aliphatic hydroxyl groups is 1. The van der Waals surface area contributed by atoms with Gasteiger partial charge in [-0.15, -0.1) is 0 Å². The van der Waals surface area contributed by atoms with Crippen LogP contribution in [0.4, 0.5) is 4.79 Å². The number of carbonyl (C=O) groups is 4. The van der Waals surface area contributed by atoms with Crippen LogP contribution in [0.25, 0.3) is 0 Å². The predicted octanol–water partition coefficient (Wildman–Crippen LogP) is 1.86. The van der Waals surface area contributed by atoms with Crippen LogP contribution in [0.1, 0.15) is 52.9 Å². The first kappa shape index (κ1) is 21.6. The Kier molecular flexibility index (Phi) is 6.58. The molecular weight excluding hydrogens is 366 g/mol. The number of hydrogen-bond donors (Lipinski definition) is 3. The maximum atomic E-state index is 12.8. The molecule has 1 saturated carbocycles. The van der Waals surface area contributed by atoms with E-state index in [1.54, 1.807) is 0 Å². The summed E-state index contributed by atoms with van der Waals surface area (Å²) in [4.78, 5) is 49.3. The summed E-state index contributed by atoms with van der Waals surface area (Å²) in [6.07, 6.45) is 3.81. The highest BCUT2D eigenvalue weighted by Crippen LogP contribution is 2.37. The molecule has 0 aromatic rings. The van der Waals surface area contributed by atoms with E-state index in [0.29, 0.717) is 18.8 Å². The monoisotopic (exact) mass is 393 g/mol. The Morgan fingerprint density at radius 3 is 2.39 bits per heavy atom. The molecule has 0 aromatic carbocycles. The summed E-state index contributed by atoms with van der Waals surface area (Å²) in [5.74, 6) is -1.85. The van der Waals surface area contributed by atoms with Crippen molar-refractivity contribution >= 4 is 29.4 Å². The van der Waals surface area contributed by atoms with Crippen molar-refractivity contribution in [1.29, 1.82) is 5.41 Å². The van der Waals surface area contributed by atoms with Crippen molar-refractivity contribution < 1.29 is 29.0 Å². The fraction of sp³-hybridized carbons (Fsp3) is 0.632. The normalized spacial score (nSPS) is 25.4. The summed E-state index contributed by atoms with van der Waals surface area (Å²) in [6.45, 7) is 3.42. The zero-order valence-electron chi connectivity index (χ0n) is 16.5. The first-order valence-electron chi connectivity index (χ1n) is 9.39. The molecule has 3 N–H and O–H groups in total. The second-order valence-electron chi connectivity index (χ2n) is 7.42. The van der Waals surface area contributed by atoms with Gasteiger partial charge in [0.25, 0.3) is 5.91 Å². The van der Waals surface area contributed by atoms with Gasteiger partial charge in [0, 0.05) is 5.71 Å². The van der Waals surface area contributed by atoms with Crippen molar-refractivity contribution in [3.63, 3.8) is 0 Å². The van der Waals surface area contributed by atoms with Gasteiger partial charge in [0.1, 0.15) is 24.4 Å². The van der Waals surface area contributed by atoms with Gasteiger partial charge in [0.05, 0.1) is 5.57 Å². The number of allylic oxidation sites excluding steroid dienone is 1. The van der Waals surface area contributed by atoms with Crippen LogP contribution in [-0.2, 0) is 19.1 Å². The topological polar surface area (TPSA) is 137 Å². The van der Waals surface area contributed by atoms with Crippen LogP contribution in [0.2, 0.25) is 0 Å². The molecule has 1 aliphatic heterocycles. The maximum absolute atomic E-state index is 12.8. The number of ether oxygens (including phenoxy) is 1. The van der Waals surface area contributed by atoms with E-state index in [-0.39, 0.29) is 11.3 Å². The Morgan fingerprint density at radius 1 is 1.29 bits per heavy atom. The second kappa shape index (κ2) is 8.53. The number of hydrogen-bond acceptors (Lipinski definition) is 7. The average Bonchev–Trinajstić information content (AvgIpc) is 2.84. The van der Waals surface area contributed by atoms with E-state index < -0.39 is 48.1 Å². The number of Topliss-reactive ketones (excluding diaryl/α,β-unsaturated/α-hetero) is 1. The molecule has 1 saturated heterocycles. The van der Waals surface area contributed by atoms with Crippen LogP contribution in [0.15, 0.2) is 11.3 Å². The zero-order valence-corrected chi connectivity index (χ0v) is 16.5. The van der Waals surface area contributed by atoms with Gasteiger partial charge < -0.3 is 20.6 Å². The Hall–Kier alpha value is -2.71. The summed E-state index contributed by atoms with van der Waals surface area (Å²) in [5.41, 5.74) is -1.32. The molecule has 1 spiro atoms. The Morgan fingerprint density at radius 2 is 1.89 bits per heavy atom. The van der Waals surface area contributed by atoms with Gasteiger partial charge in [-0.05, 0) is 45.4 Å². The zero-order chi connectivity index (χ0) is 21.1. The molecule has 2 rings (SSSR count). The molecule has 0 unspecified atom stereocenters. The fourth-order valence-corrected chi connectivity index (χ4v) is 3.82. The van der Waals surface area contributed by atoms with E-state index in [1.807, 2.05) is 0 Å². The number of ketones is 1. The highest BCUT2D eigenvalue weighted by Gasteiger charge is 2.52. The summed E-state index contributed by atoms with van der Waals surface area (Å²) < 4.78 is 4.88. The molecule has 3 amide bonds. The lowest BCUT2D eigenvalue weighted by molar-refractivity contribution is -0.148. The highest BCUT2D eigenvalue weighted by atomic mass is 16.5. The molecule has 1 heterocycles. The molecule has 9 heteroatoms. The van der Waals surface area contributed by atoms with Crippen LogP contribution in [0.5, 0.6) is 0 Å². The minimum atomic E-state index is -0.940. The molecule has 154 valence electrons. The summed E-state index contributed by atoms with van der Waals surface area (Å²) >= 11 is 0. The number of esters is 1. The van der Waals surface area contributed by atoms with E-state index in [9.17, 15) is 24.3 Å². The van der Waals surface area contributed by atoms with Gasteiger partial charge in [-0.2, -0.15) is 0 Å². The number of rotatable bonds is 7. The third-order valence-corrected chi connectivity index (χ3v) is 5.45. The summed E-state index contributed by atoms with van der Waals surface area (Å²) in [7, 11) is 0. The third-order valence-electron chi connectivity index (χ3n) is 5.45. The molecule has 1 aliphatic carbocycles. The van der Waals surface area contributed by atoms with Gasteiger partial charge in [-0.1, -0.05) is 13.3 Å². The standard InChI is InChI=1S/C19H27N3O6/c1-4-13-5-7-19(8-6-13)17(26)22(18(27)21-19)9-15(25)28-10-14(24)16(11(2)20)12(3)23/h13,20,24H,4-10H2,1-3H3,(H,21,27)/b16-14-,20-11?. The van der Waals surface area contributed by atoms with Gasteiger partial charge in [0.15, 0.2) is 5.78 Å². The second-order valence-corrected chi connectivity index (χ2v) is 7.42. The lowest BCUT2D eigenvalue weighted by Gasteiger charge is -2.34. The van der Waals surface area contributed by atoms with Gasteiger partial charge in [0.2, 0.25) is 0 Å². The largest absolute Gasteiger partial charge is 0.508 e. The third kappa shape index (κ3) is 4.40. The van der Waals surface area contributed by atoms with Crippen molar-refractivity contribution in [1.82, 2.24) is 10.2 Å². The van der Waals surface area contributed by atoms with Crippen LogP contribution >= 0.6 is 0 Å². The van der Waals surface area contributed by atoms with Crippen molar-refractivity contribution in [2.45, 2.75) is 58.4 Å². The van der Waals surface area contributed by atoms with E-state index >= 15 is 0 Å². The maximum Gasteiger partial charge on any atom is 0.326 e. The van der Waals surface area contributed by atoms with Crippen LogP contribution in [0.3, 0.4) is 0 Å². The number of carbonyl (C=O) groups excluding carboxylic acids is 4. The molecular formula is C19H27N3O6. The van der Waals surface area contributed by atoms with E-state index in [4.69, 9.17) is 10.1 Å². The van der Waals surface area contributed by atoms with Crippen molar-refractivity contribution in [2.24, 2.45) is 5.92 Å². The van der Waals surface area contributed by atoms with Crippen molar-refractivity contribution in [3.05, 3.63) is 11.3 Å². The van der Waals surface area contributed by atoms with E-state index in [2.05, 4.69) is 12.2 Å². The van der Waals surface area contributed by atoms with Gasteiger partial charge in [-0.25, -0.2) is 4.79 Å². The lowest BCUT2D eigenvalue weighted by atomic mass is 9.75. The molecule has 0 bridgehead atoms. The number of urea groups is 1. The van der Waals surface area contributed by atoms with Gasteiger partial charge >= 0.3 is 12.0 Å². The number of nitrogens with zero attached hydrogens (tertiary/aromatic N) is 1. The number of nitrogens with one attached hydrogen (secondary N) is 2. The average molecular weight is 393 g/mol. The Balaban J connectivity index is 1.98. The van der Waals surface area contributed by atoms with Crippen molar-refractivity contribution in [2.75, 3.05) is 13.2 Å². The van der Waals surface area contributed by atoms with E-state index in [1.165, 1.54) is 13.8 Å². The molecule has 2 fully saturated rings. The van der Waals surface area contributed by atoms with Gasteiger partial charge in [-0.3, -0.25) is 19.3 Å². The number of amides is 3. The summed E-state index contributed by atoms with van der Waals surface area (Å²) in [6, 6.07) is -0.628. The summed E-state index contributed by atoms with van der Waals surface area (Å²) in [5, 5.41) is 20.1. The molecule has 0 aromatic heterocycles. The van der Waals surface area contributed by atoms with Crippen LogP contribution < -0.4 is 5.32 Å². The van der Waals surface area contributed by atoms with Crippen LogP contribution in [0, 0.1) is 11.3 Å². The number of aliphatic hydroxyl groups excluding tert-OH is 1. The first-order valence-corrected chi connectivity index (χ1v) is 9.39. The molecule has 0 radical (unpaired) electrons. The number of imide groups is 1. The molecule has 9 nitrogen and oxygen atoms in total. The molecule has 2 aliphatic rings. The smallest absolute Gasteiger partial charge is 0.326 e.